The van der Waals surface area contributed by atoms with Crippen molar-refractivity contribution in [3.8, 4) is 0 Å². The Morgan fingerprint density at radius 1 is 0.952 bits per heavy atom. The molecule has 2 aromatic carbocycles. The Morgan fingerprint density at radius 3 is 2.48 bits per heavy atom. The Balaban J connectivity index is 1.91. The van der Waals surface area contributed by atoms with Crippen molar-refractivity contribution in [2.45, 2.75) is 18.0 Å². The fraction of sp³-hybridized carbons (Fsp3) is 0.143. The highest BCUT2D eigenvalue weighted by Gasteiger charge is 2.18. The largest absolute Gasteiger partial charge is 0.309 e. The second kappa shape index (κ2) is 5.50. The van der Waals surface area contributed by atoms with Crippen molar-refractivity contribution in [3.05, 3.63) is 57.6 Å². The number of rotatable bonds is 3. The quantitative estimate of drug-likeness (QED) is 0.898. The topological polar surface area (TPSA) is 58.2 Å². The summed E-state index contributed by atoms with van der Waals surface area (Å²) in [5.41, 5.74) is 2.51. The van der Waals surface area contributed by atoms with Gasteiger partial charge < -0.3 is 5.32 Å². The zero-order chi connectivity index (χ0) is 15.0. The summed E-state index contributed by atoms with van der Waals surface area (Å²) in [5, 5.41) is 3.86. The van der Waals surface area contributed by atoms with Gasteiger partial charge in [0.2, 0.25) is 0 Å². The van der Waals surface area contributed by atoms with Crippen LogP contribution in [0.5, 0.6) is 0 Å². The Morgan fingerprint density at radius 2 is 1.71 bits per heavy atom. The molecule has 7 heteroatoms. The van der Waals surface area contributed by atoms with E-state index in [1.165, 1.54) is 6.07 Å². The molecule has 0 fully saturated rings. The molecule has 3 rings (SSSR count). The van der Waals surface area contributed by atoms with Crippen molar-refractivity contribution in [1.29, 1.82) is 0 Å². The number of hydrogen-bond acceptors (Lipinski definition) is 3. The molecule has 110 valence electrons. The fourth-order valence-corrected chi connectivity index (χ4v) is 3.61. The molecule has 0 bridgehead atoms. The van der Waals surface area contributed by atoms with E-state index < -0.39 is 10.0 Å². The summed E-state index contributed by atoms with van der Waals surface area (Å²) in [5.74, 6) is 0. The maximum Gasteiger partial charge on any atom is 0.261 e. The molecule has 0 aliphatic carbocycles. The molecule has 2 N–H and O–H groups in total. The number of nitrogens with one attached hydrogen (secondary N) is 2. The van der Waals surface area contributed by atoms with Gasteiger partial charge in [0.15, 0.2) is 0 Å². The summed E-state index contributed by atoms with van der Waals surface area (Å²) in [6.07, 6.45) is 0. The molecule has 0 saturated carbocycles. The van der Waals surface area contributed by atoms with Gasteiger partial charge in [-0.2, -0.15) is 0 Å². The predicted octanol–water partition coefficient (Wildman–Crippen LogP) is 3.40. The van der Waals surface area contributed by atoms with Crippen molar-refractivity contribution in [2.75, 3.05) is 4.72 Å². The van der Waals surface area contributed by atoms with E-state index in [0.29, 0.717) is 22.3 Å². The summed E-state index contributed by atoms with van der Waals surface area (Å²) in [7, 11) is -3.64. The molecule has 1 aliphatic heterocycles. The molecule has 1 heterocycles. The van der Waals surface area contributed by atoms with Crippen LogP contribution in [0.15, 0.2) is 41.3 Å². The van der Waals surface area contributed by atoms with Crippen LogP contribution in [0.2, 0.25) is 10.0 Å². The number of benzene rings is 2. The maximum atomic E-state index is 12.4. The van der Waals surface area contributed by atoms with Gasteiger partial charge in [0.1, 0.15) is 0 Å². The van der Waals surface area contributed by atoms with E-state index in [1.807, 2.05) is 6.07 Å². The van der Waals surface area contributed by atoms with Crippen molar-refractivity contribution in [2.24, 2.45) is 0 Å². The number of hydrogen-bond donors (Lipinski definition) is 2. The third-order valence-electron chi connectivity index (χ3n) is 3.29. The van der Waals surface area contributed by atoms with Crippen LogP contribution < -0.4 is 10.0 Å². The van der Waals surface area contributed by atoms with Crippen LogP contribution in [0.3, 0.4) is 0 Å². The second-order valence-corrected chi connectivity index (χ2v) is 7.27. The minimum atomic E-state index is -3.64. The SMILES string of the molecule is O=S(=O)(Nc1ccc(Cl)c(Cl)c1)c1ccc2c(c1)CNC2. The van der Waals surface area contributed by atoms with Crippen LogP contribution in [0.25, 0.3) is 0 Å². The van der Waals surface area contributed by atoms with Crippen LogP contribution in [0.4, 0.5) is 5.69 Å². The van der Waals surface area contributed by atoms with Crippen molar-refractivity contribution in [1.82, 2.24) is 5.32 Å². The lowest BCUT2D eigenvalue weighted by Crippen LogP contribution is -2.13. The zero-order valence-electron chi connectivity index (χ0n) is 10.9. The van der Waals surface area contributed by atoms with Crippen LogP contribution in [0.1, 0.15) is 11.1 Å². The number of anilines is 1. The maximum absolute atomic E-state index is 12.4. The lowest BCUT2D eigenvalue weighted by Gasteiger charge is -2.10. The highest BCUT2D eigenvalue weighted by atomic mass is 35.5. The molecule has 0 saturated heterocycles. The summed E-state index contributed by atoms with van der Waals surface area (Å²) in [6.45, 7) is 1.46. The number of sulfonamides is 1. The van der Waals surface area contributed by atoms with Gasteiger partial charge in [0, 0.05) is 13.1 Å². The van der Waals surface area contributed by atoms with Gasteiger partial charge in [-0.3, -0.25) is 4.72 Å². The summed E-state index contributed by atoms with van der Waals surface area (Å²) >= 11 is 11.7. The first-order valence-corrected chi connectivity index (χ1v) is 8.50. The summed E-state index contributed by atoms with van der Waals surface area (Å²) < 4.78 is 27.3. The monoisotopic (exact) mass is 342 g/mol. The van der Waals surface area contributed by atoms with Gasteiger partial charge in [-0.15, -0.1) is 0 Å². The highest BCUT2D eigenvalue weighted by molar-refractivity contribution is 7.92. The molecular weight excluding hydrogens is 331 g/mol. The molecule has 0 unspecified atom stereocenters. The average Bonchev–Trinajstić information content (AvgIpc) is 2.90. The zero-order valence-corrected chi connectivity index (χ0v) is 13.2. The molecule has 2 aromatic rings. The number of halogens is 2. The molecule has 21 heavy (non-hydrogen) atoms. The molecule has 0 aromatic heterocycles. The van der Waals surface area contributed by atoms with Crippen LogP contribution in [-0.4, -0.2) is 8.42 Å². The predicted molar refractivity (Wildman–Crippen MR) is 84.3 cm³/mol. The molecule has 1 aliphatic rings. The standard InChI is InChI=1S/C14H12Cl2N2O2S/c15-13-4-2-11(6-14(13)16)18-21(19,20)12-3-1-9-7-17-8-10(9)5-12/h1-6,17-18H,7-8H2. The van der Waals surface area contributed by atoms with Crippen LogP contribution in [-0.2, 0) is 23.1 Å². The van der Waals surface area contributed by atoms with Gasteiger partial charge in [0.05, 0.1) is 20.6 Å². The minimum Gasteiger partial charge on any atom is -0.309 e. The minimum absolute atomic E-state index is 0.232. The van der Waals surface area contributed by atoms with E-state index in [-0.39, 0.29) is 4.90 Å². The molecular formula is C14H12Cl2N2O2S. The first-order chi connectivity index (χ1) is 9.95. The highest BCUT2D eigenvalue weighted by Crippen LogP contribution is 2.27. The first kappa shape index (κ1) is 14.7. The average molecular weight is 343 g/mol. The molecule has 4 nitrogen and oxygen atoms in total. The Bertz CT molecular complexity index is 807. The third kappa shape index (κ3) is 3.01. The Labute approximate surface area is 133 Å². The second-order valence-electron chi connectivity index (χ2n) is 4.77. The van der Waals surface area contributed by atoms with E-state index in [9.17, 15) is 8.42 Å². The van der Waals surface area contributed by atoms with Gasteiger partial charge in [0.25, 0.3) is 10.0 Å². The Kier molecular flexibility index (Phi) is 3.84. The van der Waals surface area contributed by atoms with E-state index >= 15 is 0 Å². The van der Waals surface area contributed by atoms with E-state index in [0.717, 1.165) is 17.7 Å². The lowest BCUT2D eigenvalue weighted by molar-refractivity contribution is 0.601. The van der Waals surface area contributed by atoms with E-state index in [4.69, 9.17) is 23.2 Å². The molecule has 0 atom stereocenters. The first-order valence-electron chi connectivity index (χ1n) is 6.26. The molecule has 0 radical (unpaired) electrons. The smallest absolute Gasteiger partial charge is 0.261 e. The normalized spacial score (nSPS) is 14.0. The summed E-state index contributed by atoms with van der Waals surface area (Å²) in [4.78, 5) is 0.232. The van der Waals surface area contributed by atoms with Crippen LogP contribution in [0, 0.1) is 0 Å². The van der Waals surface area contributed by atoms with Gasteiger partial charge >= 0.3 is 0 Å². The van der Waals surface area contributed by atoms with Gasteiger partial charge in [-0.1, -0.05) is 29.3 Å². The third-order valence-corrected chi connectivity index (χ3v) is 5.41. The van der Waals surface area contributed by atoms with Crippen LogP contribution >= 0.6 is 23.2 Å². The molecule has 0 amide bonds. The fourth-order valence-electron chi connectivity index (χ4n) is 2.21. The lowest BCUT2D eigenvalue weighted by atomic mass is 10.1. The number of fused-ring (bicyclic) bond motifs is 1. The van der Waals surface area contributed by atoms with Crippen molar-refractivity contribution < 1.29 is 8.42 Å². The van der Waals surface area contributed by atoms with Gasteiger partial charge in [-0.05, 0) is 41.5 Å². The summed E-state index contributed by atoms with van der Waals surface area (Å²) in [6, 6.07) is 9.73. The van der Waals surface area contributed by atoms with E-state index in [2.05, 4.69) is 10.0 Å². The van der Waals surface area contributed by atoms with Crippen molar-refractivity contribution in [3.63, 3.8) is 0 Å². The van der Waals surface area contributed by atoms with Gasteiger partial charge in [-0.25, -0.2) is 8.42 Å². The molecule has 0 spiro atoms. The van der Waals surface area contributed by atoms with E-state index in [1.54, 1.807) is 24.3 Å². The Hall–Kier alpha value is -1.27. The van der Waals surface area contributed by atoms with Crippen molar-refractivity contribution >= 4 is 38.9 Å².